The molecule has 3 rings (SSSR count). The number of carbonyl (C=O) groups is 1. The highest BCUT2D eigenvalue weighted by Crippen LogP contribution is 2.39. The van der Waals surface area contributed by atoms with Gasteiger partial charge in [0.15, 0.2) is 0 Å². The van der Waals surface area contributed by atoms with Gasteiger partial charge in [0.2, 0.25) is 11.9 Å². The van der Waals surface area contributed by atoms with Crippen LogP contribution in [0, 0.1) is 5.82 Å². The minimum atomic E-state index is -2.71. The first kappa shape index (κ1) is 23.7. The van der Waals surface area contributed by atoms with Crippen LogP contribution in [0.4, 0.5) is 13.2 Å². The van der Waals surface area contributed by atoms with Crippen LogP contribution in [0.1, 0.15) is 12.0 Å². The number of nitrogens with two attached hydrogens (primary N) is 1. The predicted molar refractivity (Wildman–Crippen MR) is 117 cm³/mol. The summed E-state index contributed by atoms with van der Waals surface area (Å²) in [5.74, 6) is -1.07. The van der Waals surface area contributed by atoms with Crippen LogP contribution in [0.3, 0.4) is 0 Å². The molecule has 4 N–H and O–H groups in total. The molecule has 0 spiro atoms. The lowest BCUT2D eigenvalue weighted by atomic mass is 10.0. The van der Waals surface area contributed by atoms with Crippen molar-refractivity contribution < 1.29 is 22.7 Å². The highest BCUT2D eigenvalue weighted by molar-refractivity contribution is 6.36. The maximum atomic E-state index is 14.7. The molecule has 170 valence electrons. The molecule has 2 aromatic carbocycles. The molecule has 1 aliphatic heterocycles. The van der Waals surface area contributed by atoms with Crippen molar-refractivity contribution in [1.82, 2.24) is 10.9 Å². The molecular formula is C20H18Cl2F3N5O2. The second kappa shape index (κ2) is 10.6. The largest absolute Gasteiger partial charge is 0.485 e. The Bertz CT molecular complexity index is 1080. The average Bonchev–Trinajstić information content (AvgIpc) is 3.54. The summed E-state index contributed by atoms with van der Waals surface area (Å²) in [7, 11) is 0. The summed E-state index contributed by atoms with van der Waals surface area (Å²) >= 11 is 12.1. The Kier molecular flexibility index (Phi) is 7.81. The molecule has 0 radical (unpaired) electrons. The van der Waals surface area contributed by atoms with E-state index in [1.165, 1.54) is 24.3 Å². The molecule has 1 heterocycles. The third kappa shape index (κ3) is 6.76. The third-order valence-corrected chi connectivity index (χ3v) is 4.72. The molecule has 0 aliphatic carbocycles. The van der Waals surface area contributed by atoms with Gasteiger partial charge >= 0.3 is 0 Å². The summed E-state index contributed by atoms with van der Waals surface area (Å²) in [6, 6.07) is 6.98. The third-order valence-electron chi connectivity index (χ3n) is 4.22. The SMILES string of the molecule is NC(=NCc1ccc(-c2cc(Cl)cc(Cl)c2OCC(F)F)cc1F)NNC(=O)CC1=NC1. The van der Waals surface area contributed by atoms with Crippen LogP contribution in [0.5, 0.6) is 5.75 Å². The van der Waals surface area contributed by atoms with E-state index in [-0.39, 0.29) is 51.8 Å². The van der Waals surface area contributed by atoms with Gasteiger partial charge in [-0.05, 0) is 23.8 Å². The minimum absolute atomic E-state index is 0.0249. The molecule has 7 nitrogen and oxygen atoms in total. The van der Waals surface area contributed by atoms with Crippen molar-refractivity contribution in [3.63, 3.8) is 0 Å². The normalized spacial score (nSPS) is 13.1. The smallest absolute Gasteiger partial charge is 0.272 e. The van der Waals surface area contributed by atoms with E-state index in [0.29, 0.717) is 12.1 Å². The van der Waals surface area contributed by atoms with Gasteiger partial charge in [0, 0.05) is 21.9 Å². The molecule has 0 saturated carbocycles. The number of nitrogens with one attached hydrogen (secondary N) is 2. The zero-order chi connectivity index (χ0) is 23.3. The highest BCUT2D eigenvalue weighted by atomic mass is 35.5. The van der Waals surface area contributed by atoms with Crippen LogP contribution < -0.4 is 21.3 Å². The number of carbonyl (C=O) groups excluding carboxylic acids is 1. The molecule has 12 heteroatoms. The lowest BCUT2D eigenvalue weighted by molar-refractivity contribution is -0.120. The van der Waals surface area contributed by atoms with E-state index in [1.807, 2.05) is 0 Å². The Morgan fingerprint density at radius 1 is 1.25 bits per heavy atom. The van der Waals surface area contributed by atoms with Gasteiger partial charge in [0.05, 0.1) is 24.5 Å². The molecule has 0 aromatic heterocycles. The molecule has 0 unspecified atom stereocenters. The summed E-state index contributed by atoms with van der Waals surface area (Å²) in [6.07, 6.45) is -2.54. The van der Waals surface area contributed by atoms with Gasteiger partial charge in [-0.15, -0.1) is 0 Å². The van der Waals surface area contributed by atoms with E-state index < -0.39 is 18.8 Å². The van der Waals surface area contributed by atoms with E-state index >= 15 is 0 Å². The number of amides is 1. The number of benzene rings is 2. The Labute approximate surface area is 191 Å². The second-order valence-electron chi connectivity index (χ2n) is 6.71. The zero-order valence-electron chi connectivity index (χ0n) is 16.5. The lowest BCUT2D eigenvalue weighted by Gasteiger charge is -2.14. The molecule has 0 bridgehead atoms. The Morgan fingerprint density at radius 2 is 2.00 bits per heavy atom. The predicted octanol–water partition coefficient (Wildman–Crippen LogP) is 3.72. The molecule has 1 aliphatic rings. The van der Waals surface area contributed by atoms with E-state index in [0.717, 1.165) is 5.71 Å². The van der Waals surface area contributed by atoms with Crippen molar-refractivity contribution in [3.8, 4) is 16.9 Å². The Hall–Kier alpha value is -2.98. The number of hydrogen-bond acceptors (Lipinski definition) is 4. The van der Waals surface area contributed by atoms with Crippen molar-refractivity contribution in [3.05, 3.63) is 51.8 Å². The molecule has 0 fully saturated rings. The fourth-order valence-corrected chi connectivity index (χ4v) is 3.20. The lowest BCUT2D eigenvalue weighted by Crippen LogP contribution is -2.45. The van der Waals surface area contributed by atoms with E-state index in [1.54, 1.807) is 6.07 Å². The van der Waals surface area contributed by atoms with Gasteiger partial charge < -0.3 is 10.5 Å². The number of hydrogen-bond donors (Lipinski definition) is 3. The number of rotatable bonds is 8. The summed E-state index contributed by atoms with van der Waals surface area (Å²) in [5.41, 5.74) is 12.0. The van der Waals surface area contributed by atoms with Crippen molar-refractivity contribution >= 4 is 40.8 Å². The van der Waals surface area contributed by atoms with Gasteiger partial charge in [-0.25, -0.2) is 18.2 Å². The molecule has 0 saturated heterocycles. The Morgan fingerprint density at radius 3 is 2.66 bits per heavy atom. The molecular weight excluding hydrogens is 470 g/mol. The number of alkyl halides is 2. The van der Waals surface area contributed by atoms with Gasteiger partial charge in [0.25, 0.3) is 6.43 Å². The summed E-state index contributed by atoms with van der Waals surface area (Å²) in [4.78, 5) is 19.4. The van der Waals surface area contributed by atoms with Crippen LogP contribution >= 0.6 is 23.2 Å². The summed E-state index contributed by atoms with van der Waals surface area (Å²) < 4.78 is 44.9. The van der Waals surface area contributed by atoms with Crippen molar-refractivity contribution in [1.29, 1.82) is 0 Å². The van der Waals surface area contributed by atoms with E-state index in [9.17, 15) is 18.0 Å². The quantitative estimate of drug-likeness (QED) is 0.300. The van der Waals surface area contributed by atoms with Gasteiger partial charge in [-0.3, -0.25) is 20.6 Å². The van der Waals surface area contributed by atoms with Gasteiger partial charge in [-0.2, -0.15) is 0 Å². The highest BCUT2D eigenvalue weighted by Gasteiger charge is 2.17. The number of nitrogens with zero attached hydrogens (tertiary/aromatic N) is 2. The molecule has 0 atom stereocenters. The maximum Gasteiger partial charge on any atom is 0.272 e. The van der Waals surface area contributed by atoms with Crippen LogP contribution in [0.2, 0.25) is 10.0 Å². The number of ether oxygens (including phenoxy) is 1. The monoisotopic (exact) mass is 487 g/mol. The van der Waals surface area contributed by atoms with Crippen LogP contribution in [0.25, 0.3) is 11.1 Å². The van der Waals surface area contributed by atoms with E-state index in [2.05, 4.69) is 20.8 Å². The van der Waals surface area contributed by atoms with Crippen LogP contribution in [-0.4, -0.2) is 37.2 Å². The van der Waals surface area contributed by atoms with Gasteiger partial charge in [0.1, 0.15) is 18.2 Å². The number of guanidine groups is 1. The summed E-state index contributed by atoms with van der Waals surface area (Å²) in [5, 5.41) is 0.259. The Balaban J connectivity index is 1.71. The van der Waals surface area contributed by atoms with Crippen LogP contribution in [0.15, 0.2) is 40.3 Å². The number of halogens is 5. The standard InChI is InChI=1S/C20H18Cl2F3N5O2/c21-12-4-14(19(15(22)5-12)32-9-17(24)25)10-1-2-11(16(23)3-10)7-28-20(26)30-29-18(31)6-13-8-27-13/h1-5,17H,6-9H2,(H,29,31)(H3,26,28,30). The number of aliphatic imine (C=N–C) groups is 2. The average molecular weight is 488 g/mol. The minimum Gasteiger partial charge on any atom is -0.485 e. The first-order valence-electron chi connectivity index (χ1n) is 9.28. The van der Waals surface area contributed by atoms with E-state index in [4.69, 9.17) is 33.7 Å². The summed E-state index contributed by atoms with van der Waals surface area (Å²) in [6.45, 7) is -0.396. The first-order valence-corrected chi connectivity index (χ1v) is 10.0. The first-order chi connectivity index (χ1) is 15.2. The maximum absolute atomic E-state index is 14.7. The van der Waals surface area contributed by atoms with Crippen molar-refractivity contribution in [2.75, 3.05) is 13.2 Å². The molecule has 32 heavy (non-hydrogen) atoms. The second-order valence-corrected chi connectivity index (χ2v) is 7.55. The molecule has 1 amide bonds. The fraction of sp³-hybridized carbons (Fsp3) is 0.250. The number of hydrazine groups is 1. The van der Waals surface area contributed by atoms with Crippen LogP contribution in [-0.2, 0) is 11.3 Å². The van der Waals surface area contributed by atoms with Crippen molar-refractivity contribution in [2.24, 2.45) is 15.7 Å². The topological polar surface area (TPSA) is 101 Å². The molecule has 2 aromatic rings. The zero-order valence-corrected chi connectivity index (χ0v) is 18.0. The van der Waals surface area contributed by atoms with Gasteiger partial charge in [-0.1, -0.05) is 35.3 Å². The van der Waals surface area contributed by atoms with Crippen molar-refractivity contribution in [2.45, 2.75) is 19.4 Å². The fourth-order valence-electron chi connectivity index (χ4n) is 2.65.